The first-order chi connectivity index (χ1) is 15.2. The summed E-state index contributed by atoms with van der Waals surface area (Å²) in [5.74, 6) is -2.68. The smallest absolute Gasteiger partial charge is 0.201 e. The van der Waals surface area contributed by atoms with E-state index in [4.69, 9.17) is 17.0 Å². The highest BCUT2D eigenvalue weighted by Crippen LogP contribution is 2.30. The molecule has 0 saturated heterocycles. The highest BCUT2D eigenvalue weighted by Gasteiger charge is 2.24. The van der Waals surface area contributed by atoms with Crippen molar-refractivity contribution in [2.24, 2.45) is 5.92 Å². The Bertz CT molecular complexity index is 1170. The number of likely N-dealkylation sites (N-methyl/N-ethyl adjacent to an activating group) is 1. The van der Waals surface area contributed by atoms with E-state index < -0.39 is 23.3 Å². The van der Waals surface area contributed by atoms with Crippen LogP contribution in [0.5, 0.6) is 0 Å². The first-order valence-electron chi connectivity index (χ1n) is 10.1. The van der Waals surface area contributed by atoms with Crippen molar-refractivity contribution in [3.8, 4) is 0 Å². The fraction of sp³-hybridized carbons (Fsp3) is 0.333. The van der Waals surface area contributed by atoms with Crippen LogP contribution >= 0.6 is 11.6 Å². The summed E-state index contributed by atoms with van der Waals surface area (Å²) in [7, 11) is 2.02. The van der Waals surface area contributed by atoms with Crippen molar-refractivity contribution in [3.63, 3.8) is 0 Å². The van der Waals surface area contributed by atoms with Crippen LogP contribution in [-0.2, 0) is 0 Å². The van der Waals surface area contributed by atoms with Gasteiger partial charge in [-0.05, 0) is 50.1 Å². The second-order valence-electron chi connectivity index (χ2n) is 7.92. The number of aromatic amines is 1. The number of aromatic nitrogens is 2. The molecule has 0 atom stereocenters. The molecular formula is C21H22ClF3N6O. The fourth-order valence-electron chi connectivity index (χ4n) is 3.43. The number of hydroxylamine groups is 1. The van der Waals surface area contributed by atoms with Gasteiger partial charge in [0.05, 0.1) is 16.2 Å². The lowest BCUT2D eigenvalue weighted by Crippen LogP contribution is -2.27. The lowest BCUT2D eigenvalue weighted by Gasteiger charge is -2.18. The summed E-state index contributed by atoms with van der Waals surface area (Å²) in [4.78, 5) is 9.12. The SMILES string of the molecule is CN(CCNc1nc2c(F)c(F)cc(C(=N)N(O)c3ccc(F)c(Cl)c3)c2[nH]1)CC1CC1. The third-order valence-corrected chi connectivity index (χ3v) is 5.62. The van der Waals surface area contributed by atoms with Gasteiger partial charge in [0.25, 0.3) is 0 Å². The molecule has 0 unspecified atom stereocenters. The van der Waals surface area contributed by atoms with Crippen molar-refractivity contribution >= 4 is 40.1 Å². The second kappa shape index (κ2) is 8.97. The topological polar surface area (TPSA) is 91.3 Å². The van der Waals surface area contributed by atoms with Gasteiger partial charge in [-0.3, -0.25) is 10.6 Å². The Labute approximate surface area is 187 Å². The minimum absolute atomic E-state index is 0.0177. The van der Waals surface area contributed by atoms with Crippen LogP contribution in [0.15, 0.2) is 24.3 Å². The van der Waals surface area contributed by atoms with Gasteiger partial charge in [-0.15, -0.1) is 0 Å². The number of nitrogens with one attached hydrogen (secondary N) is 3. The van der Waals surface area contributed by atoms with Gasteiger partial charge in [-0.2, -0.15) is 0 Å². The van der Waals surface area contributed by atoms with Crippen LogP contribution in [0.2, 0.25) is 5.02 Å². The molecule has 0 amide bonds. The van der Waals surface area contributed by atoms with Crippen LogP contribution in [-0.4, -0.2) is 52.6 Å². The molecule has 32 heavy (non-hydrogen) atoms. The van der Waals surface area contributed by atoms with Crippen molar-refractivity contribution in [3.05, 3.63) is 52.3 Å². The molecule has 3 aromatic rings. The van der Waals surface area contributed by atoms with Crippen molar-refractivity contribution in [1.82, 2.24) is 14.9 Å². The van der Waals surface area contributed by atoms with Gasteiger partial charge in [0, 0.05) is 25.2 Å². The molecule has 1 fully saturated rings. The van der Waals surface area contributed by atoms with Crippen LogP contribution in [0, 0.1) is 28.8 Å². The van der Waals surface area contributed by atoms with Crippen molar-refractivity contribution in [2.75, 3.05) is 37.1 Å². The zero-order valence-electron chi connectivity index (χ0n) is 17.2. The third kappa shape index (κ3) is 4.67. The minimum Gasteiger partial charge on any atom is -0.355 e. The molecule has 11 heteroatoms. The number of hydrogen-bond donors (Lipinski definition) is 4. The van der Waals surface area contributed by atoms with Gasteiger partial charge >= 0.3 is 0 Å². The van der Waals surface area contributed by atoms with Crippen LogP contribution in [0.25, 0.3) is 11.0 Å². The van der Waals surface area contributed by atoms with E-state index in [1.165, 1.54) is 18.9 Å². The number of hydrogen-bond acceptors (Lipinski definition) is 5. The third-order valence-electron chi connectivity index (χ3n) is 5.33. The second-order valence-corrected chi connectivity index (χ2v) is 8.33. The summed E-state index contributed by atoms with van der Waals surface area (Å²) in [6.45, 7) is 2.28. The van der Waals surface area contributed by atoms with Gasteiger partial charge < -0.3 is 15.2 Å². The van der Waals surface area contributed by atoms with Crippen molar-refractivity contribution < 1.29 is 18.4 Å². The summed E-state index contributed by atoms with van der Waals surface area (Å²) in [6.07, 6.45) is 2.51. The molecule has 1 heterocycles. The minimum atomic E-state index is -1.22. The normalized spacial score (nSPS) is 13.7. The van der Waals surface area contributed by atoms with Crippen molar-refractivity contribution in [1.29, 1.82) is 5.41 Å². The van der Waals surface area contributed by atoms with Gasteiger partial charge in [0.1, 0.15) is 11.3 Å². The summed E-state index contributed by atoms with van der Waals surface area (Å²) >= 11 is 5.73. The molecule has 0 aliphatic heterocycles. The average Bonchev–Trinajstić information content (AvgIpc) is 3.47. The van der Waals surface area contributed by atoms with Crippen LogP contribution in [0.4, 0.5) is 24.8 Å². The van der Waals surface area contributed by atoms with E-state index >= 15 is 0 Å². The van der Waals surface area contributed by atoms with E-state index in [2.05, 4.69) is 20.2 Å². The standard InChI is InChI=1S/C21H22ClF3N6O/c1-30(10-11-2-3-11)7-6-27-21-28-18-13(9-16(24)17(25)19(18)29-21)20(26)31(32)12-4-5-15(23)14(22)8-12/h4-5,8-9,11,26,32H,2-3,6-7,10H2,1H3,(H2,27,28,29). The predicted octanol–water partition coefficient (Wildman–Crippen LogP) is 4.61. The molecule has 0 bridgehead atoms. The van der Waals surface area contributed by atoms with E-state index in [0.717, 1.165) is 37.2 Å². The Kier molecular flexibility index (Phi) is 6.27. The molecule has 2 aromatic carbocycles. The first-order valence-corrected chi connectivity index (χ1v) is 10.5. The maximum Gasteiger partial charge on any atom is 0.201 e. The summed E-state index contributed by atoms with van der Waals surface area (Å²) < 4.78 is 42.0. The van der Waals surface area contributed by atoms with Crippen LogP contribution in [0.3, 0.4) is 0 Å². The Morgan fingerprint density at radius 1 is 1.28 bits per heavy atom. The van der Waals surface area contributed by atoms with Crippen LogP contribution in [0.1, 0.15) is 18.4 Å². The molecule has 170 valence electrons. The summed E-state index contributed by atoms with van der Waals surface area (Å²) in [6, 6.07) is 4.12. The number of nitrogens with zero attached hydrogens (tertiary/aromatic N) is 3. The lowest BCUT2D eigenvalue weighted by molar-refractivity contribution is 0.312. The Balaban J connectivity index is 1.57. The largest absolute Gasteiger partial charge is 0.355 e. The van der Waals surface area contributed by atoms with E-state index in [1.54, 1.807) is 0 Å². The number of rotatable bonds is 8. The first kappa shape index (κ1) is 22.4. The van der Waals surface area contributed by atoms with E-state index in [1.807, 2.05) is 7.05 Å². The van der Waals surface area contributed by atoms with E-state index in [-0.39, 0.29) is 33.3 Å². The molecular weight excluding hydrogens is 445 g/mol. The zero-order valence-corrected chi connectivity index (χ0v) is 18.0. The highest BCUT2D eigenvalue weighted by molar-refractivity contribution is 6.31. The van der Waals surface area contributed by atoms with Gasteiger partial charge in [0.15, 0.2) is 17.5 Å². The Morgan fingerprint density at radius 3 is 2.72 bits per heavy atom. The molecule has 1 aromatic heterocycles. The van der Waals surface area contributed by atoms with Gasteiger partial charge in [0.2, 0.25) is 5.95 Å². The summed E-state index contributed by atoms with van der Waals surface area (Å²) in [5, 5.41) is 21.9. The molecule has 1 saturated carbocycles. The Hall–Kier alpha value is -2.82. The Morgan fingerprint density at radius 2 is 2.03 bits per heavy atom. The number of anilines is 2. The number of fused-ring (bicyclic) bond motifs is 1. The van der Waals surface area contributed by atoms with Crippen LogP contribution < -0.4 is 10.4 Å². The molecule has 1 aliphatic carbocycles. The lowest BCUT2D eigenvalue weighted by atomic mass is 10.1. The highest BCUT2D eigenvalue weighted by atomic mass is 35.5. The predicted molar refractivity (Wildman–Crippen MR) is 117 cm³/mol. The number of halogens is 4. The molecule has 0 radical (unpaired) electrons. The quantitative estimate of drug-likeness (QED) is 0.221. The molecule has 1 aliphatic rings. The molecule has 4 rings (SSSR count). The molecule has 0 spiro atoms. The monoisotopic (exact) mass is 466 g/mol. The number of amidine groups is 1. The molecule has 7 nitrogen and oxygen atoms in total. The summed E-state index contributed by atoms with van der Waals surface area (Å²) in [5.41, 5.74) is -0.414. The zero-order chi connectivity index (χ0) is 23.0. The van der Waals surface area contributed by atoms with Crippen molar-refractivity contribution in [2.45, 2.75) is 12.8 Å². The number of benzene rings is 2. The number of H-pyrrole nitrogens is 1. The van der Waals surface area contributed by atoms with E-state index in [0.29, 0.717) is 11.6 Å². The average molecular weight is 467 g/mol. The maximum atomic E-state index is 14.4. The number of imidazole rings is 1. The molecule has 4 N–H and O–H groups in total. The van der Waals surface area contributed by atoms with E-state index in [9.17, 15) is 18.4 Å². The van der Waals surface area contributed by atoms with Gasteiger partial charge in [-0.25, -0.2) is 23.2 Å². The fourth-order valence-corrected chi connectivity index (χ4v) is 3.61. The maximum absolute atomic E-state index is 14.4. The van der Waals surface area contributed by atoms with Gasteiger partial charge in [-0.1, -0.05) is 11.6 Å².